The van der Waals surface area contributed by atoms with Crippen molar-refractivity contribution in [1.82, 2.24) is 20.2 Å². The third-order valence-corrected chi connectivity index (χ3v) is 4.66. The minimum Gasteiger partial charge on any atom is -0.342 e. The molecule has 5 nitrogen and oxygen atoms in total. The van der Waals surface area contributed by atoms with Crippen LogP contribution in [0.25, 0.3) is 11.0 Å². The van der Waals surface area contributed by atoms with E-state index in [0.29, 0.717) is 11.8 Å². The second kappa shape index (κ2) is 5.15. The zero-order chi connectivity index (χ0) is 14.2. The maximum atomic E-state index is 12.4. The predicted molar refractivity (Wildman–Crippen MR) is 81.0 cm³/mol. The molecule has 1 atom stereocenters. The molecule has 2 aromatic rings. The Morgan fingerprint density at radius 1 is 1.29 bits per heavy atom. The largest absolute Gasteiger partial charge is 0.342 e. The summed E-state index contributed by atoms with van der Waals surface area (Å²) < 4.78 is 0. The van der Waals surface area contributed by atoms with Crippen LogP contribution in [0.2, 0.25) is 0 Å². The fraction of sp³-hybridized carbons (Fsp3) is 0.500. The number of piperidine rings is 1. The molecule has 2 aliphatic rings. The van der Waals surface area contributed by atoms with Crippen molar-refractivity contribution in [3.05, 3.63) is 30.1 Å². The lowest BCUT2D eigenvalue weighted by molar-refractivity contribution is -0.138. The van der Waals surface area contributed by atoms with Crippen LogP contribution in [-0.4, -0.2) is 47.0 Å². The monoisotopic (exact) mass is 284 g/mol. The van der Waals surface area contributed by atoms with Crippen molar-refractivity contribution >= 4 is 16.9 Å². The highest BCUT2D eigenvalue weighted by Gasteiger charge is 2.33. The number of H-pyrrole nitrogens is 1. The minimum atomic E-state index is 0.194. The number of fused-ring (bicyclic) bond motifs is 1. The lowest BCUT2D eigenvalue weighted by atomic mass is 9.94. The van der Waals surface area contributed by atoms with Gasteiger partial charge in [0.15, 0.2) is 0 Å². The summed E-state index contributed by atoms with van der Waals surface area (Å²) >= 11 is 0. The van der Waals surface area contributed by atoms with Crippen molar-refractivity contribution in [3.8, 4) is 0 Å². The van der Waals surface area contributed by atoms with Gasteiger partial charge in [0.05, 0.1) is 17.0 Å². The average molecular weight is 284 g/mol. The number of hydrogen-bond acceptors (Lipinski definition) is 3. The van der Waals surface area contributed by atoms with Crippen LogP contribution in [0.5, 0.6) is 0 Å². The van der Waals surface area contributed by atoms with Crippen LogP contribution >= 0.6 is 0 Å². The SMILES string of the molecule is O=C(C1CNC1)N1CCCC(c2nc3ccccc3[nH]2)C1. The van der Waals surface area contributed by atoms with E-state index in [1.165, 1.54) is 0 Å². The zero-order valence-electron chi connectivity index (χ0n) is 12.0. The van der Waals surface area contributed by atoms with Crippen molar-refractivity contribution in [2.24, 2.45) is 5.92 Å². The summed E-state index contributed by atoms with van der Waals surface area (Å²) in [6.45, 7) is 3.37. The molecule has 2 aliphatic heterocycles. The Kier molecular flexibility index (Phi) is 3.15. The molecule has 0 saturated carbocycles. The van der Waals surface area contributed by atoms with Gasteiger partial charge in [0.1, 0.15) is 5.82 Å². The molecule has 2 saturated heterocycles. The first-order valence-corrected chi connectivity index (χ1v) is 7.75. The summed E-state index contributed by atoms with van der Waals surface area (Å²) in [4.78, 5) is 22.5. The van der Waals surface area contributed by atoms with Crippen LogP contribution in [-0.2, 0) is 4.79 Å². The number of rotatable bonds is 2. The molecule has 0 aliphatic carbocycles. The van der Waals surface area contributed by atoms with Gasteiger partial charge in [-0.1, -0.05) is 12.1 Å². The number of aromatic amines is 1. The average Bonchev–Trinajstić information content (AvgIpc) is 2.89. The van der Waals surface area contributed by atoms with Crippen LogP contribution in [0.15, 0.2) is 24.3 Å². The number of hydrogen-bond donors (Lipinski definition) is 2. The molecule has 110 valence electrons. The number of carbonyl (C=O) groups excluding carboxylic acids is 1. The van der Waals surface area contributed by atoms with Crippen LogP contribution in [0.1, 0.15) is 24.6 Å². The van der Waals surface area contributed by atoms with Gasteiger partial charge in [0.2, 0.25) is 5.91 Å². The molecule has 4 rings (SSSR count). The minimum absolute atomic E-state index is 0.194. The molecule has 3 heterocycles. The van der Waals surface area contributed by atoms with E-state index in [2.05, 4.69) is 16.4 Å². The standard InChI is InChI=1S/C16H20N4O/c21-16(12-8-17-9-12)20-7-3-4-11(10-20)15-18-13-5-1-2-6-14(13)19-15/h1-2,5-6,11-12,17H,3-4,7-10H2,(H,18,19). The van der Waals surface area contributed by atoms with Crippen LogP contribution in [0.4, 0.5) is 0 Å². The van der Waals surface area contributed by atoms with Gasteiger partial charge in [-0.3, -0.25) is 4.79 Å². The Balaban J connectivity index is 1.53. The van der Waals surface area contributed by atoms with Crippen LogP contribution < -0.4 is 5.32 Å². The number of amides is 1. The van der Waals surface area contributed by atoms with Crippen molar-refractivity contribution in [1.29, 1.82) is 0 Å². The number of nitrogens with zero attached hydrogens (tertiary/aromatic N) is 2. The van der Waals surface area contributed by atoms with E-state index in [-0.39, 0.29) is 5.92 Å². The number of benzene rings is 1. The van der Waals surface area contributed by atoms with E-state index in [0.717, 1.165) is 55.9 Å². The summed E-state index contributed by atoms with van der Waals surface area (Å²) in [7, 11) is 0. The van der Waals surface area contributed by atoms with E-state index in [9.17, 15) is 4.79 Å². The second-order valence-corrected chi connectivity index (χ2v) is 6.12. The van der Waals surface area contributed by atoms with Gasteiger partial charge in [-0.2, -0.15) is 0 Å². The van der Waals surface area contributed by atoms with Crippen molar-refractivity contribution in [2.75, 3.05) is 26.2 Å². The number of imidazole rings is 1. The summed E-state index contributed by atoms with van der Waals surface area (Å²) in [6, 6.07) is 8.11. The fourth-order valence-electron chi connectivity index (χ4n) is 3.29. The van der Waals surface area contributed by atoms with Crippen LogP contribution in [0, 0.1) is 5.92 Å². The third kappa shape index (κ3) is 2.31. The maximum Gasteiger partial charge on any atom is 0.228 e. The molecule has 1 aromatic carbocycles. The van der Waals surface area contributed by atoms with E-state index in [1.807, 2.05) is 23.1 Å². The second-order valence-electron chi connectivity index (χ2n) is 6.12. The Morgan fingerprint density at radius 3 is 2.90 bits per heavy atom. The van der Waals surface area contributed by atoms with Gasteiger partial charge in [-0.15, -0.1) is 0 Å². The van der Waals surface area contributed by atoms with Gasteiger partial charge in [0, 0.05) is 32.1 Å². The molecule has 0 radical (unpaired) electrons. The number of para-hydroxylation sites is 2. The first-order valence-electron chi connectivity index (χ1n) is 7.75. The van der Waals surface area contributed by atoms with E-state index >= 15 is 0 Å². The van der Waals surface area contributed by atoms with Crippen molar-refractivity contribution < 1.29 is 4.79 Å². The smallest absolute Gasteiger partial charge is 0.228 e. The molecule has 2 fully saturated rings. The molecular formula is C16H20N4O. The van der Waals surface area contributed by atoms with Gasteiger partial charge in [-0.05, 0) is 25.0 Å². The van der Waals surface area contributed by atoms with E-state index < -0.39 is 0 Å². The van der Waals surface area contributed by atoms with Gasteiger partial charge in [-0.25, -0.2) is 4.98 Å². The van der Waals surface area contributed by atoms with E-state index in [1.54, 1.807) is 0 Å². The van der Waals surface area contributed by atoms with Crippen molar-refractivity contribution in [3.63, 3.8) is 0 Å². The fourth-order valence-corrected chi connectivity index (χ4v) is 3.29. The summed E-state index contributed by atoms with van der Waals surface area (Å²) in [5.74, 6) is 1.87. The Labute approximate surface area is 123 Å². The first kappa shape index (κ1) is 12.8. The third-order valence-electron chi connectivity index (χ3n) is 4.66. The molecule has 0 bridgehead atoms. The maximum absolute atomic E-state index is 12.4. The number of likely N-dealkylation sites (tertiary alicyclic amines) is 1. The predicted octanol–water partition coefficient (Wildman–Crippen LogP) is 1.49. The zero-order valence-corrected chi connectivity index (χ0v) is 12.0. The molecule has 5 heteroatoms. The molecule has 21 heavy (non-hydrogen) atoms. The lowest BCUT2D eigenvalue weighted by Crippen LogP contribution is -2.53. The Hall–Kier alpha value is -1.88. The highest BCUT2D eigenvalue weighted by molar-refractivity contribution is 5.80. The Bertz CT molecular complexity index is 628. The summed E-state index contributed by atoms with van der Waals surface area (Å²) in [5.41, 5.74) is 2.10. The molecule has 2 N–H and O–H groups in total. The quantitative estimate of drug-likeness (QED) is 0.878. The molecule has 1 aromatic heterocycles. The molecule has 1 unspecified atom stereocenters. The van der Waals surface area contributed by atoms with Gasteiger partial charge in [0.25, 0.3) is 0 Å². The molecular weight excluding hydrogens is 264 g/mol. The van der Waals surface area contributed by atoms with Gasteiger partial charge < -0.3 is 15.2 Å². The lowest BCUT2D eigenvalue weighted by Gasteiger charge is -2.37. The number of aromatic nitrogens is 2. The highest BCUT2D eigenvalue weighted by Crippen LogP contribution is 2.27. The number of nitrogens with one attached hydrogen (secondary N) is 2. The molecule has 1 amide bonds. The first-order chi connectivity index (χ1) is 10.3. The topological polar surface area (TPSA) is 61.0 Å². The normalized spacial score (nSPS) is 23.2. The van der Waals surface area contributed by atoms with E-state index in [4.69, 9.17) is 4.98 Å². The summed E-state index contributed by atoms with van der Waals surface area (Å²) in [6.07, 6.45) is 2.17. The molecule has 0 spiro atoms. The van der Waals surface area contributed by atoms with Crippen LogP contribution in [0.3, 0.4) is 0 Å². The Morgan fingerprint density at radius 2 is 2.14 bits per heavy atom. The number of carbonyl (C=O) groups is 1. The van der Waals surface area contributed by atoms with Crippen molar-refractivity contribution in [2.45, 2.75) is 18.8 Å². The van der Waals surface area contributed by atoms with Gasteiger partial charge >= 0.3 is 0 Å². The summed E-state index contributed by atoms with van der Waals surface area (Å²) in [5, 5.41) is 3.18. The highest BCUT2D eigenvalue weighted by atomic mass is 16.2.